The summed E-state index contributed by atoms with van der Waals surface area (Å²) >= 11 is 0. The third-order valence-electron chi connectivity index (χ3n) is 6.32. The molecule has 0 amide bonds. The number of carbonyl (C=O) groups excluding carboxylic acids is 1. The highest BCUT2D eigenvalue weighted by Crippen LogP contribution is 2.19. The summed E-state index contributed by atoms with van der Waals surface area (Å²) in [6, 6.07) is 8.93. The molecule has 0 spiro atoms. The smallest absolute Gasteiger partial charge is 0.309 e. The van der Waals surface area contributed by atoms with E-state index in [1.54, 1.807) is 0 Å². The predicted octanol–water partition coefficient (Wildman–Crippen LogP) is 2.79. The first kappa shape index (κ1) is 26.9. The molecule has 1 aromatic carbocycles. The van der Waals surface area contributed by atoms with E-state index in [9.17, 15) is 4.79 Å². The van der Waals surface area contributed by atoms with Gasteiger partial charge in [-0.05, 0) is 57.5 Å². The van der Waals surface area contributed by atoms with Crippen molar-refractivity contribution in [1.29, 1.82) is 0 Å². The Hall–Kier alpha value is -1.39. The Morgan fingerprint density at radius 2 is 1.75 bits per heavy atom. The summed E-state index contributed by atoms with van der Waals surface area (Å²) in [6.07, 6.45) is 2.88. The van der Waals surface area contributed by atoms with Gasteiger partial charge in [-0.1, -0.05) is 24.3 Å². The maximum Gasteiger partial charge on any atom is 0.309 e. The number of piperidine rings is 1. The number of nitrogens with zero attached hydrogens (tertiary/aromatic N) is 4. The van der Waals surface area contributed by atoms with Crippen molar-refractivity contribution in [3.8, 4) is 0 Å². The van der Waals surface area contributed by atoms with Crippen molar-refractivity contribution in [1.82, 2.24) is 20.0 Å². The number of nitrogens with one attached hydrogen (secondary N) is 1. The Morgan fingerprint density at radius 1 is 1.06 bits per heavy atom. The zero-order valence-corrected chi connectivity index (χ0v) is 22.2. The molecule has 0 aromatic heterocycles. The lowest BCUT2D eigenvalue weighted by molar-refractivity contribution is -0.149. The molecule has 2 heterocycles. The Bertz CT molecular complexity index is 720. The number of rotatable bonds is 6. The Labute approximate surface area is 210 Å². The van der Waals surface area contributed by atoms with Crippen LogP contribution in [0, 0.1) is 5.92 Å². The number of benzene rings is 1. The lowest BCUT2D eigenvalue weighted by Crippen LogP contribution is -2.46. The van der Waals surface area contributed by atoms with E-state index in [0.29, 0.717) is 6.61 Å². The number of guanidine groups is 1. The highest BCUT2D eigenvalue weighted by atomic mass is 127. The fourth-order valence-corrected chi connectivity index (χ4v) is 4.38. The molecule has 8 heteroatoms. The van der Waals surface area contributed by atoms with Crippen LogP contribution in [0.2, 0.25) is 0 Å². The number of ether oxygens (including phenoxy) is 1. The molecule has 0 atom stereocenters. The van der Waals surface area contributed by atoms with Crippen molar-refractivity contribution in [2.75, 3.05) is 60.0 Å². The van der Waals surface area contributed by atoms with Gasteiger partial charge in [0.25, 0.3) is 0 Å². The second-order valence-corrected chi connectivity index (χ2v) is 8.66. The number of likely N-dealkylation sites (N-methyl/N-ethyl adjacent to an activating group) is 1. The van der Waals surface area contributed by atoms with Gasteiger partial charge in [0.15, 0.2) is 5.96 Å². The molecule has 1 aromatic rings. The number of esters is 1. The van der Waals surface area contributed by atoms with Gasteiger partial charge in [-0.25, -0.2) is 0 Å². The summed E-state index contributed by atoms with van der Waals surface area (Å²) in [5.74, 6) is 0.865. The number of halogens is 1. The van der Waals surface area contributed by atoms with Crippen molar-refractivity contribution in [2.45, 2.75) is 39.3 Å². The third kappa shape index (κ3) is 8.19. The van der Waals surface area contributed by atoms with Crippen molar-refractivity contribution in [3.05, 3.63) is 35.4 Å². The van der Waals surface area contributed by atoms with E-state index in [2.05, 4.69) is 56.3 Å². The van der Waals surface area contributed by atoms with E-state index >= 15 is 0 Å². The quantitative estimate of drug-likeness (QED) is 0.251. The van der Waals surface area contributed by atoms with Crippen LogP contribution in [0.5, 0.6) is 0 Å². The summed E-state index contributed by atoms with van der Waals surface area (Å²) in [7, 11) is 4.03. The minimum absolute atomic E-state index is 0. The lowest BCUT2D eigenvalue weighted by atomic mass is 9.97. The molecule has 2 fully saturated rings. The zero-order chi connectivity index (χ0) is 22.1. The molecule has 180 valence electrons. The number of hydrogen-bond acceptors (Lipinski definition) is 5. The molecular weight excluding hydrogens is 517 g/mol. The molecule has 1 N–H and O–H groups in total. The molecule has 32 heavy (non-hydrogen) atoms. The average molecular weight is 558 g/mol. The molecular formula is C24H40IN5O2. The summed E-state index contributed by atoms with van der Waals surface area (Å²) in [4.78, 5) is 23.6. The van der Waals surface area contributed by atoms with Crippen LogP contribution in [0.25, 0.3) is 0 Å². The molecule has 0 radical (unpaired) electrons. The van der Waals surface area contributed by atoms with Gasteiger partial charge >= 0.3 is 5.97 Å². The maximum atomic E-state index is 11.9. The normalized spacial score (nSPS) is 19.2. The van der Waals surface area contributed by atoms with Gasteiger partial charge in [-0.2, -0.15) is 0 Å². The average Bonchev–Trinajstić information content (AvgIpc) is 3.00. The van der Waals surface area contributed by atoms with Crippen LogP contribution in [0.15, 0.2) is 29.3 Å². The summed E-state index contributed by atoms with van der Waals surface area (Å²) in [5.41, 5.74) is 2.63. The van der Waals surface area contributed by atoms with Crippen molar-refractivity contribution >= 4 is 35.9 Å². The molecule has 2 saturated heterocycles. The lowest BCUT2D eigenvalue weighted by Gasteiger charge is -2.33. The van der Waals surface area contributed by atoms with Crippen LogP contribution >= 0.6 is 24.0 Å². The van der Waals surface area contributed by atoms with Gasteiger partial charge in [-0.15, -0.1) is 24.0 Å². The molecule has 7 nitrogen and oxygen atoms in total. The van der Waals surface area contributed by atoms with E-state index < -0.39 is 0 Å². The fourth-order valence-electron chi connectivity index (χ4n) is 4.38. The first-order chi connectivity index (χ1) is 15.1. The van der Waals surface area contributed by atoms with Crippen molar-refractivity contribution in [2.24, 2.45) is 10.9 Å². The van der Waals surface area contributed by atoms with Crippen LogP contribution in [-0.2, 0) is 22.6 Å². The van der Waals surface area contributed by atoms with E-state index in [1.165, 1.54) is 30.6 Å². The molecule has 0 saturated carbocycles. The van der Waals surface area contributed by atoms with Gasteiger partial charge in [0.1, 0.15) is 0 Å². The minimum atomic E-state index is -0.0580. The third-order valence-corrected chi connectivity index (χ3v) is 6.32. The van der Waals surface area contributed by atoms with Crippen molar-refractivity contribution in [3.63, 3.8) is 0 Å². The second-order valence-electron chi connectivity index (χ2n) is 8.66. The van der Waals surface area contributed by atoms with Crippen LogP contribution in [0.3, 0.4) is 0 Å². The first-order valence-corrected chi connectivity index (χ1v) is 11.7. The maximum absolute atomic E-state index is 11.9. The first-order valence-electron chi connectivity index (χ1n) is 11.7. The predicted molar refractivity (Wildman–Crippen MR) is 140 cm³/mol. The molecule has 0 aliphatic carbocycles. The summed E-state index contributed by atoms with van der Waals surface area (Å²) in [5, 5.41) is 3.48. The molecule has 2 aliphatic rings. The second kappa shape index (κ2) is 14.0. The van der Waals surface area contributed by atoms with E-state index in [-0.39, 0.29) is 35.9 Å². The Balaban J connectivity index is 0.00000363. The largest absolute Gasteiger partial charge is 0.466 e. The van der Waals surface area contributed by atoms with Gasteiger partial charge in [0.2, 0.25) is 0 Å². The Morgan fingerprint density at radius 3 is 2.41 bits per heavy atom. The molecule has 0 unspecified atom stereocenters. The highest BCUT2D eigenvalue weighted by molar-refractivity contribution is 14.0. The standard InChI is InChI=1S/C24H39N5O2.HI/c1-4-31-23(30)22-10-14-29(15-11-22)24(25-2)26-18-20-6-8-21(9-7-20)19-28-13-5-12-27(3)16-17-28;/h6-9,22H,4-5,10-19H2,1-3H3,(H,25,26);1H. The van der Waals surface area contributed by atoms with Crippen LogP contribution in [0.4, 0.5) is 0 Å². The number of carbonyl (C=O) groups is 1. The summed E-state index contributed by atoms with van der Waals surface area (Å²) < 4.78 is 5.17. The topological polar surface area (TPSA) is 60.4 Å². The number of aliphatic imine (C=N–C) groups is 1. The fraction of sp³-hybridized carbons (Fsp3) is 0.667. The number of likely N-dealkylation sites (tertiary alicyclic amines) is 1. The van der Waals surface area contributed by atoms with Crippen LogP contribution < -0.4 is 5.32 Å². The SMILES string of the molecule is CCOC(=O)C1CCN(C(=NC)NCc2ccc(CN3CCCN(C)CC3)cc2)CC1.I. The van der Waals surface area contributed by atoms with Gasteiger partial charge in [0.05, 0.1) is 12.5 Å². The van der Waals surface area contributed by atoms with Gasteiger partial charge in [0, 0.05) is 46.3 Å². The van der Waals surface area contributed by atoms with E-state index in [0.717, 1.165) is 58.1 Å². The minimum Gasteiger partial charge on any atom is -0.466 e. The monoisotopic (exact) mass is 557 g/mol. The summed E-state index contributed by atoms with van der Waals surface area (Å²) in [6.45, 7) is 10.4. The number of hydrogen-bond donors (Lipinski definition) is 1. The van der Waals surface area contributed by atoms with E-state index in [4.69, 9.17) is 4.74 Å². The van der Waals surface area contributed by atoms with Gasteiger partial charge < -0.3 is 19.9 Å². The molecule has 0 bridgehead atoms. The van der Waals surface area contributed by atoms with Crippen LogP contribution in [0.1, 0.15) is 37.3 Å². The molecule has 3 rings (SSSR count). The Kier molecular flexibility index (Phi) is 11.7. The van der Waals surface area contributed by atoms with Gasteiger partial charge in [-0.3, -0.25) is 14.7 Å². The van der Waals surface area contributed by atoms with E-state index in [1.807, 2.05) is 14.0 Å². The van der Waals surface area contributed by atoms with Crippen LogP contribution in [-0.4, -0.2) is 86.6 Å². The highest BCUT2D eigenvalue weighted by Gasteiger charge is 2.27. The zero-order valence-electron chi connectivity index (χ0n) is 19.9. The molecule has 2 aliphatic heterocycles. The van der Waals surface area contributed by atoms with Crippen molar-refractivity contribution < 1.29 is 9.53 Å².